The van der Waals surface area contributed by atoms with E-state index < -0.39 is 0 Å². The normalized spacial score (nSPS) is 10.6. The van der Waals surface area contributed by atoms with E-state index in [0.29, 0.717) is 6.29 Å². The van der Waals surface area contributed by atoms with Crippen molar-refractivity contribution < 1.29 is 4.79 Å². The average Bonchev–Trinajstić information content (AvgIpc) is 2.56. The molecule has 13 heavy (non-hydrogen) atoms. The predicted octanol–water partition coefficient (Wildman–Crippen LogP) is 1.16. The monoisotopic (exact) mass is 175 g/mol. The summed E-state index contributed by atoms with van der Waals surface area (Å²) in [5, 5.41) is 4.03. The van der Waals surface area contributed by atoms with E-state index in [0.717, 1.165) is 16.9 Å². The summed E-state index contributed by atoms with van der Waals surface area (Å²) in [6.45, 7) is 3.87. The number of nitrogens with zero attached hydrogens (tertiary/aromatic N) is 3. The highest BCUT2D eigenvalue weighted by Crippen LogP contribution is 2.09. The lowest BCUT2D eigenvalue weighted by Gasteiger charge is -1.98. The highest BCUT2D eigenvalue weighted by Gasteiger charge is 2.05. The number of fused-ring (bicyclic) bond motifs is 1. The predicted molar refractivity (Wildman–Crippen MR) is 47.8 cm³/mol. The third-order valence-corrected chi connectivity index (χ3v) is 1.99. The first kappa shape index (κ1) is 7.91. The van der Waals surface area contributed by atoms with Gasteiger partial charge in [0.25, 0.3) is 0 Å². The molecule has 2 heterocycles. The van der Waals surface area contributed by atoms with E-state index in [1.807, 2.05) is 26.0 Å². The van der Waals surface area contributed by atoms with Crippen molar-refractivity contribution in [2.75, 3.05) is 0 Å². The number of aryl methyl sites for hydroxylation is 2. The minimum absolute atomic E-state index is 0.234. The van der Waals surface area contributed by atoms with Crippen LogP contribution in [0.4, 0.5) is 0 Å². The minimum Gasteiger partial charge on any atom is -0.294 e. The van der Waals surface area contributed by atoms with Crippen molar-refractivity contribution in [3.8, 4) is 0 Å². The molecular weight excluding hydrogens is 166 g/mol. The molecule has 0 saturated heterocycles. The maximum Gasteiger partial charge on any atom is 0.215 e. The molecule has 4 heteroatoms. The topological polar surface area (TPSA) is 47.3 Å². The molecule has 0 aliphatic rings. The highest BCUT2D eigenvalue weighted by molar-refractivity contribution is 5.70. The van der Waals surface area contributed by atoms with Gasteiger partial charge in [-0.25, -0.2) is 9.50 Å². The second-order valence-electron chi connectivity index (χ2n) is 2.98. The van der Waals surface area contributed by atoms with Gasteiger partial charge in [-0.1, -0.05) is 6.07 Å². The fourth-order valence-electron chi connectivity index (χ4n) is 1.27. The molecule has 0 bridgehead atoms. The summed E-state index contributed by atoms with van der Waals surface area (Å²) in [6.07, 6.45) is 0.659. The number of rotatable bonds is 1. The summed E-state index contributed by atoms with van der Waals surface area (Å²) in [5.41, 5.74) is 2.74. The van der Waals surface area contributed by atoms with Crippen LogP contribution < -0.4 is 0 Å². The molecule has 0 amide bonds. The standard InChI is InChI=1S/C9H9N3O/c1-6-3-4-7(2)12-9(6)10-8(5-13)11-12/h3-5H,1-2H3. The SMILES string of the molecule is Cc1ccc(C)n2nc(C=O)nc12. The molecule has 0 radical (unpaired) electrons. The first-order chi connectivity index (χ1) is 6.22. The second kappa shape index (κ2) is 2.65. The van der Waals surface area contributed by atoms with Crippen molar-refractivity contribution in [2.24, 2.45) is 0 Å². The van der Waals surface area contributed by atoms with E-state index in [1.165, 1.54) is 0 Å². The van der Waals surface area contributed by atoms with Crippen molar-refractivity contribution in [3.05, 3.63) is 29.2 Å². The Balaban J connectivity index is 2.87. The van der Waals surface area contributed by atoms with Gasteiger partial charge in [0.15, 0.2) is 11.9 Å². The number of carbonyl (C=O) groups excluding carboxylic acids is 1. The van der Waals surface area contributed by atoms with Crippen LogP contribution in [0.25, 0.3) is 5.65 Å². The molecule has 0 fully saturated rings. The molecule has 0 aromatic carbocycles. The van der Waals surface area contributed by atoms with Crippen LogP contribution >= 0.6 is 0 Å². The Morgan fingerprint density at radius 1 is 1.38 bits per heavy atom. The summed E-state index contributed by atoms with van der Waals surface area (Å²) < 4.78 is 1.68. The number of aldehydes is 1. The zero-order valence-corrected chi connectivity index (χ0v) is 7.48. The largest absolute Gasteiger partial charge is 0.294 e. The molecule has 4 nitrogen and oxygen atoms in total. The Morgan fingerprint density at radius 2 is 2.15 bits per heavy atom. The van der Waals surface area contributed by atoms with Crippen molar-refractivity contribution in [1.82, 2.24) is 14.6 Å². The number of pyridine rings is 1. The lowest BCUT2D eigenvalue weighted by molar-refractivity contribution is 0.111. The molecule has 2 aromatic rings. The highest BCUT2D eigenvalue weighted by atomic mass is 16.1. The maximum atomic E-state index is 10.5. The van der Waals surface area contributed by atoms with E-state index >= 15 is 0 Å². The van der Waals surface area contributed by atoms with Gasteiger partial charge < -0.3 is 0 Å². The van der Waals surface area contributed by atoms with Crippen molar-refractivity contribution in [3.63, 3.8) is 0 Å². The van der Waals surface area contributed by atoms with E-state index in [2.05, 4.69) is 10.1 Å². The molecule has 0 saturated carbocycles. The van der Waals surface area contributed by atoms with Crippen LogP contribution in [0.3, 0.4) is 0 Å². The van der Waals surface area contributed by atoms with Gasteiger partial charge in [-0.15, -0.1) is 5.10 Å². The Kier molecular flexibility index (Phi) is 1.62. The number of aromatic nitrogens is 3. The van der Waals surface area contributed by atoms with Crippen molar-refractivity contribution in [1.29, 1.82) is 0 Å². The molecule has 66 valence electrons. The Bertz CT molecular complexity index is 434. The smallest absolute Gasteiger partial charge is 0.215 e. The molecule has 0 aliphatic heterocycles. The van der Waals surface area contributed by atoms with Crippen LogP contribution in [-0.4, -0.2) is 20.9 Å². The van der Waals surface area contributed by atoms with E-state index in [-0.39, 0.29) is 5.82 Å². The van der Waals surface area contributed by atoms with E-state index in [1.54, 1.807) is 4.52 Å². The quantitative estimate of drug-likeness (QED) is 0.611. The van der Waals surface area contributed by atoms with Gasteiger partial charge in [0.05, 0.1) is 0 Å². The van der Waals surface area contributed by atoms with Gasteiger partial charge in [-0.2, -0.15) is 0 Å². The maximum absolute atomic E-state index is 10.5. The van der Waals surface area contributed by atoms with Crippen LogP contribution in [0.1, 0.15) is 21.9 Å². The molecule has 0 unspecified atom stereocenters. The fourth-order valence-corrected chi connectivity index (χ4v) is 1.27. The molecule has 2 rings (SSSR count). The Hall–Kier alpha value is -1.71. The number of hydrogen-bond acceptors (Lipinski definition) is 3. The fraction of sp³-hybridized carbons (Fsp3) is 0.222. The zero-order chi connectivity index (χ0) is 9.42. The van der Waals surface area contributed by atoms with Gasteiger partial charge in [-0.3, -0.25) is 4.79 Å². The lowest BCUT2D eigenvalue weighted by atomic mass is 10.3. The lowest BCUT2D eigenvalue weighted by Crippen LogP contribution is -1.94. The van der Waals surface area contributed by atoms with Gasteiger partial charge in [0.1, 0.15) is 0 Å². The molecule has 0 aliphatic carbocycles. The van der Waals surface area contributed by atoms with Crippen LogP contribution in [0.5, 0.6) is 0 Å². The molecule has 0 atom stereocenters. The van der Waals surface area contributed by atoms with Crippen LogP contribution in [0, 0.1) is 13.8 Å². The third-order valence-electron chi connectivity index (χ3n) is 1.99. The summed E-state index contributed by atoms with van der Waals surface area (Å²) in [7, 11) is 0. The molecule has 0 spiro atoms. The first-order valence-electron chi connectivity index (χ1n) is 4.00. The Labute approximate surface area is 75.2 Å². The summed E-state index contributed by atoms with van der Waals surface area (Å²) in [4.78, 5) is 14.5. The van der Waals surface area contributed by atoms with Crippen LogP contribution in [0.15, 0.2) is 12.1 Å². The van der Waals surface area contributed by atoms with Crippen molar-refractivity contribution >= 4 is 11.9 Å². The second-order valence-corrected chi connectivity index (χ2v) is 2.98. The van der Waals surface area contributed by atoms with E-state index in [4.69, 9.17) is 0 Å². The van der Waals surface area contributed by atoms with Gasteiger partial charge >= 0.3 is 0 Å². The average molecular weight is 175 g/mol. The van der Waals surface area contributed by atoms with Gasteiger partial charge in [-0.05, 0) is 25.5 Å². The van der Waals surface area contributed by atoms with Gasteiger partial charge in [0.2, 0.25) is 5.82 Å². The first-order valence-corrected chi connectivity index (χ1v) is 4.00. The minimum atomic E-state index is 0.234. The molecule has 2 aromatic heterocycles. The Morgan fingerprint density at radius 3 is 2.77 bits per heavy atom. The van der Waals surface area contributed by atoms with Crippen LogP contribution in [0.2, 0.25) is 0 Å². The van der Waals surface area contributed by atoms with Crippen LogP contribution in [-0.2, 0) is 0 Å². The number of carbonyl (C=O) groups is 1. The summed E-state index contributed by atoms with van der Waals surface area (Å²) >= 11 is 0. The molecule has 0 N–H and O–H groups in total. The third kappa shape index (κ3) is 1.11. The zero-order valence-electron chi connectivity index (χ0n) is 7.48. The van der Waals surface area contributed by atoms with Crippen molar-refractivity contribution in [2.45, 2.75) is 13.8 Å². The summed E-state index contributed by atoms with van der Waals surface area (Å²) in [5.74, 6) is 0.234. The van der Waals surface area contributed by atoms with Gasteiger partial charge in [0, 0.05) is 5.69 Å². The molecular formula is C9H9N3O. The number of hydrogen-bond donors (Lipinski definition) is 0. The summed E-state index contributed by atoms with van der Waals surface area (Å²) in [6, 6.07) is 3.92. The van der Waals surface area contributed by atoms with E-state index in [9.17, 15) is 4.79 Å².